The van der Waals surface area contributed by atoms with Gasteiger partial charge in [0.05, 0.1) is 6.04 Å². The van der Waals surface area contributed by atoms with Crippen molar-refractivity contribution in [2.75, 3.05) is 0 Å². The number of aromatic amines is 1. The molecule has 0 saturated heterocycles. The molecule has 1 aromatic heterocycles. The number of benzene rings is 1. The first-order chi connectivity index (χ1) is 9.81. The van der Waals surface area contributed by atoms with Crippen LogP contribution in [0.2, 0.25) is 0 Å². The summed E-state index contributed by atoms with van der Waals surface area (Å²) in [5, 5.41) is 3.50. The molecule has 0 fully saturated rings. The molecule has 20 heavy (non-hydrogen) atoms. The van der Waals surface area contributed by atoms with Gasteiger partial charge in [0.2, 0.25) is 0 Å². The molecule has 0 spiro atoms. The van der Waals surface area contributed by atoms with E-state index in [1.165, 1.54) is 33.8 Å². The highest BCUT2D eigenvalue weighted by atomic mass is 15.0. The second kappa shape index (κ2) is 4.27. The van der Waals surface area contributed by atoms with Gasteiger partial charge in [0.1, 0.15) is 0 Å². The van der Waals surface area contributed by atoms with Gasteiger partial charge in [-0.25, -0.2) is 0 Å². The van der Waals surface area contributed by atoms with Gasteiger partial charge in [0.25, 0.3) is 0 Å². The van der Waals surface area contributed by atoms with Crippen LogP contribution in [0.5, 0.6) is 0 Å². The minimum Gasteiger partial charge on any atom is -0.374 e. The maximum absolute atomic E-state index is 3.50. The van der Waals surface area contributed by atoms with Gasteiger partial charge in [-0.15, -0.1) is 0 Å². The molecule has 0 saturated carbocycles. The minimum atomic E-state index is 0.403. The molecule has 2 aliphatic rings. The summed E-state index contributed by atoms with van der Waals surface area (Å²) in [6.07, 6.45) is 8.57. The van der Waals surface area contributed by atoms with E-state index in [0.29, 0.717) is 6.04 Å². The molecule has 4 rings (SSSR count). The van der Waals surface area contributed by atoms with E-state index in [1.807, 2.05) is 0 Å². The zero-order valence-electron chi connectivity index (χ0n) is 11.4. The lowest BCUT2D eigenvalue weighted by molar-refractivity contribution is 0.749. The van der Waals surface area contributed by atoms with Crippen molar-refractivity contribution < 1.29 is 0 Å². The summed E-state index contributed by atoms with van der Waals surface area (Å²) in [5.74, 6) is 0. The van der Waals surface area contributed by atoms with E-state index >= 15 is 0 Å². The molecule has 0 radical (unpaired) electrons. The Hall–Kier alpha value is -2.48. The van der Waals surface area contributed by atoms with Crippen LogP contribution in [0.1, 0.15) is 11.3 Å². The van der Waals surface area contributed by atoms with Crippen molar-refractivity contribution in [3.05, 3.63) is 77.5 Å². The third-order valence-electron chi connectivity index (χ3n) is 3.93. The number of rotatable bonds is 2. The first kappa shape index (κ1) is 11.4. The predicted molar refractivity (Wildman–Crippen MR) is 83.1 cm³/mol. The van der Waals surface area contributed by atoms with Crippen LogP contribution in [0, 0.1) is 6.92 Å². The second-order valence-corrected chi connectivity index (χ2v) is 5.33. The quantitative estimate of drug-likeness (QED) is 0.844. The lowest BCUT2D eigenvalue weighted by Gasteiger charge is -2.34. The van der Waals surface area contributed by atoms with Crippen molar-refractivity contribution in [1.29, 1.82) is 0 Å². The Morgan fingerprint density at radius 2 is 1.70 bits per heavy atom. The molecule has 98 valence electrons. The Balaban J connectivity index is 1.66. The number of allylic oxidation sites excluding steroid dienone is 2. The Labute approximate surface area is 118 Å². The highest BCUT2D eigenvalue weighted by molar-refractivity contribution is 5.79. The van der Waals surface area contributed by atoms with Gasteiger partial charge in [-0.05, 0) is 30.2 Å². The second-order valence-electron chi connectivity index (χ2n) is 5.33. The van der Waals surface area contributed by atoms with E-state index < -0.39 is 0 Å². The van der Waals surface area contributed by atoms with Crippen molar-refractivity contribution in [3.63, 3.8) is 0 Å². The number of hydrogen-bond acceptors (Lipinski definition) is 1. The van der Waals surface area contributed by atoms with Crippen molar-refractivity contribution >= 4 is 5.70 Å². The van der Waals surface area contributed by atoms with Crippen LogP contribution in [0.4, 0.5) is 0 Å². The molecule has 2 heterocycles. The van der Waals surface area contributed by atoms with E-state index in [-0.39, 0.29) is 0 Å². The van der Waals surface area contributed by atoms with E-state index in [0.717, 1.165) is 0 Å². The topological polar surface area (TPSA) is 27.8 Å². The zero-order chi connectivity index (χ0) is 13.5. The smallest absolute Gasteiger partial charge is 0.0721 e. The third kappa shape index (κ3) is 1.73. The minimum absolute atomic E-state index is 0.403. The molecule has 1 unspecified atom stereocenters. The van der Waals surface area contributed by atoms with Crippen LogP contribution in [0.15, 0.2) is 66.3 Å². The average molecular weight is 260 g/mol. The van der Waals surface area contributed by atoms with Crippen LogP contribution < -0.4 is 5.32 Å². The Bertz CT molecular complexity index is 742. The van der Waals surface area contributed by atoms with E-state index in [2.05, 4.69) is 77.9 Å². The maximum Gasteiger partial charge on any atom is 0.0721 e. The molecule has 2 N–H and O–H groups in total. The number of aryl methyl sites for hydroxylation is 1. The molecule has 1 aromatic carbocycles. The SMILES string of the molecule is Cc1ccc(-c2ccc(C3=C4C=CC=CC4N3)cc2)[nH]1. The molecule has 2 nitrogen and oxygen atoms in total. The lowest BCUT2D eigenvalue weighted by Crippen LogP contribution is -2.39. The van der Waals surface area contributed by atoms with Crippen LogP contribution >= 0.6 is 0 Å². The van der Waals surface area contributed by atoms with E-state index in [1.54, 1.807) is 0 Å². The fourth-order valence-electron chi connectivity index (χ4n) is 2.81. The van der Waals surface area contributed by atoms with Crippen LogP contribution in [0.3, 0.4) is 0 Å². The van der Waals surface area contributed by atoms with Crippen LogP contribution in [-0.4, -0.2) is 11.0 Å². The molecule has 1 aliphatic carbocycles. The Morgan fingerprint density at radius 3 is 2.40 bits per heavy atom. The van der Waals surface area contributed by atoms with Crippen molar-refractivity contribution in [1.82, 2.24) is 10.3 Å². The summed E-state index contributed by atoms with van der Waals surface area (Å²) in [7, 11) is 0. The summed E-state index contributed by atoms with van der Waals surface area (Å²) >= 11 is 0. The summed E-state index contributed by atoms with van der Waals surface area (Å²) in [5.41, 5.74) is 7.48. The molecule has 1 atom stereocenters. The molecule has 1 aliphatic heterocycles. The molecule has 2 aromatic rings. The normalized spacial score (nSPS) is 19.6. The molecular weight excluding hydrogens is 244 g/mol. The fraction of sp³-hybridized carbons (Fsp3) is 0.111. The molecule has 0 bridgehead atoms. The monoisotopic (exact) mass is 260 g/mol. The first-order valence-corrected chi connectivity index (χ1v) is 6.93. The van der Waals surface area contributed by atoms with Gasteiger partial charge in [-0.3, -0.25) is 0 Å². The van der Waals surface area contributed by atoms with Crippen molar-refractivity contribution in [3.8, 4) is 11.3 Å². The summed E-state index contributed by atoms with van der Waals surface area (Å²) < 4.78 is 0. The van der Waals surface area contributed by atoms with Gasteiger partial charge in [-0.2, -0.15) is 0 Å². The lowest BCUT2D eigenvalue weighted by atomic mass is 9.89. The van der Waals surface area contributed by atoms with Gasteiger partial charge in [0, 0.05) is 22.7 Å². The van der Waals surface area contributed by atoms with Crippen LogP contribution in [-0.2, 0) is 0 Å². The Morgan fingerprint density at radius 1 is 0.900 bits per heavy atom. The largest absolute Gasteiger partial charge is 0.374 e. The number of hydrogen-bond donors (Lipinski definition) is 2. The summed E-state index contributed by atoms with van der Waals surface area (Å²) in [6, 6.07) is 13.3. The highest BCUT2D eigenvalue weighted by Crippen LogP contribution is 2.32. The summed E-state index contributed by atoms with van der Waals surface area (Å²) in [6.45, 7) is 2.08. The number of nitrogens with one attached hydrogen (secondary N) is 2. The fourth-order valence-corrected chi connectivity index (χ4v) is 2.81. The average Bonchev–Trinajstić information content (AvgIpc) is 2.88. The summed E-state index contributed by atoms with van der Waals surface area (Å²) in [4.78, 5) is 3.37. The number of H-pyrrole nitrogens is 1. The Kier molecular flexibility index (Phi) is 2.43. The van der Waals surface area contributed by atoms with Crippen molar-refractivity contribution in [2.24, 2.45) is 0 Å². The number of fused-ring (bicyclic) bond motifs is 1. The third-order valence-corrected chi connectivity index (χ3v) is 3.93. The predicted octanol–water partition coefficient (Wildman–Crippen LogP) is 3.80. The van der Waals surface area contributed by atoms with E-state index in [9.17, 15) is 0 Å². The molecule has 0 amide bonds. The van der Waals surface area contributed by atoms with Crippen LogP contribution in [0.25, 0.3) is 17.0 Å². The van der Waals surface area contributed by atoms with E-state index in [4.69, 9.17) is 0 Å². The molecular formula is C18H16N2. The van der Waals surface area contributed by atoms with Gasteiger partial charge >= 0.3 is 0 Å². The molecule has 2 heteroatoms. The number of aromatic nitrogens is 1. The maximum atomic E-state index is 3.50. The van der Waals surface area contributed by atoms with Gasteiger partial charge in [-0.1, -0.05) is 48.6 Å². The first-order valence-electron chi connectivity index (χ1n) is 6.93. The zero-order valence-corrected chi connectivity index (χ0v) is 11.4. The highest BCUT2D eigenvalue weighted by Gasteiger charge is 2.26. The standard InChI is InChI=1S/C18H16N2/c1-12-6-11-16(19-12)13-7-9-14(10-8-13)18-15-4-2-3-5-17(15)20-18/h2-11,17,19-20H,1H3. The van der Waals surface area contributed by atoms with Crippen molar-refractivity contribution in [2.45, 2.75) is 13.0 Å². The van der Waals surface area contributed by atoms with Gasteiger partial charge < -0.3 is 10.3 Å². The van der Waals surface area contributed by atoms with Gasteiger partial charge in [0.15, 0.2) is 0 Å².